The van der Waals surface area contributed by atoms with Gasteiger partial charge in [-0.25, -0.2) is 19.1 Å². The molecule has 0 radical (unpaired) electrons. The first-order chi connectivity index (χ1) is 1.73. The summed E-state index contributed by atoms with van der Waals surface area (Å²) >= 11 is 0. The molecule has 0 rings (SSSR count). The molecule has 0 nitrogen and oxygen atoms in total. The molecule has 0 aromatic carbocycles. The van der Waals surface area contributed by atoms with E-state index in [2.05, 4.69) is 13.5 Å². The molecule has 0 aliphatic heterocycles. The molecule has 0 aliphatic rings. The summed E-state index contributed by atoms with van der Waals surface area (Å²) in [5, 5.41) is 0. The largest absolute Gasteiger partial charge is 3.00 e. The summed E-state index contributed by atoms with van der Waals surface area (Å²) in [5.41, 5.74) is 0.917. The smallest absolute Gasteiger partial charge is 0.242 e. The van der Waals surface area contributed by atoms with Crippen LogP contribution in [0.3, 0.4) is 0 Å². The fourth-order valence-electron chi connectivity index (χ4n) is 0. The van der Waals surface area contributed by atoms with Gasteiger partial charge in [-0.2, -0.15) is 0 Å². The Morgan fingerprint density at radius 2 is 1.80 bits per heavy atom. The first kappa shape index (κ1) is 9.21. The number of allylic oxidation sites excluding steroid dienone is 1. The van der Waals surface area contributed by atoms with Gasteiger partial charge in [-0.1, -0.05) is 6.92 Å². The zero-order valence-corrected chi connectivity index (χ0v) is 6.33. The van der Waals surface area contributed by atoms with Crippen LogP contribution >= 0.6 is 0 Å². The van der Waals surface area contributed by atoms with Crippen LogP contribution in [0.5, 0.6) is 0 Å². The molecule has 0 aliphatic carbocycles. The average molecular weight is 144 g/mol. The maximum Gasteiger partial charge on any atom is 3.00 e. The van der Waals surface area contributed by atoms with Gasteiger partial charge in [0.15, 0.2) is 0 Å². The maximum absolute atomic E-state index is 3.44. The second-order valence-corrected chi connectivity index (χ2v) is 0.957. The van der Waals surface area contributed by atoms with Crippen LogP contribution in [0.25, 0.3) is 0 Å². The molecular formula is C4H7Y+2. The van der Waals surface area contributed by atoms with Crippen molar-refractivity contribution in [1.82, 2.24) is 0 Å². The van der Waals surface area contributed by atoms with Crippen LogP contribution in [0.1, 0.15) is 6.92 Å². The Bertz CT molecular complexity index is 26.6. The van der Waals surface area contributed by atoms with E-state index in [4.69, 9.17) is 0 Å². The number of hydrogen-bond donors (Lipinski definition) is 0. The van der Waals surface area contributed by atoms with Crippen LogP contribution in [0.2, 0.25) is 0 Å². The first-order valence-corrected chi connectivity index (χ1v) is 1.21. The molecule has 0 atom stereocenters. The predicted octanol–water partition coefficient (Wildman–Crippen LogP) is 1.39. The second-order valence-electron chi connectivity index (χ2n) is 0.957. The summed E-state index contributed by atoms with van der Waals surface area (Å²) in [6.07, 6.45) is 0. The summed E-state index contributed by atoms with van der Waals surface area (Å²) in [6, 6.07) is 0. The van der Waals surface area contributed by atoms with Gasteiger partial charge in [-0.3, -0.25) is 0 Å². The molecule has 0 saturated heterocycles. The van der Waals surface area contributed by atoms with Crippen molar-refractivity contribution >= 4 is 0 Å². The van der Waals surface area contributed by atoms with Gasteiger partial charge in [-0.15, -0.1) is 0 Å². The van der Waals surface area contributed by atoms with Gasteiger partial charge in [0, 0.05) is 0 Å². The molecule has 5 heavy (non-hydrogen) atoms. The fraction of sp³-hybridized carbons (Fsp3) is 0.250. The second kappa shape index (κ2) is 4.71. The third-order valence-electron chi connectivity index (χ3n) is 0. The van der Waals surface area contributed by atoms with Crippen LogP contribution in [-0.4, -0.2) is 0 Å². The first-order valence-electron chi connectivity index (χ1n) is 1.21. The number of hydrogen-bond acceptors (Lipinski definition) is 0. The third kappa shape index (κ3) is 68.1. The molecule has 0 bridgehead atoms. The molecule has 0 amide bonds. The minimum atomic E-state index is 0. The van der Waals surface area contributed by atoms with Crippen molar-refractivity contribution in [3.05, 3.63) is 19.1 Å². The van der Waals surface area contributed by atoms with E-state index in [0.717, 1.165) is 5.57 Å². The van der Waals surface area contributed by atoms with Crippen LogP contribution in [-0.2, 0) is 32.7 Å². The summed E-state index contributed by atoms with van der Waals surface area (Å²) in [5.74, 6) is 0. The molecule has 0 aromatic heterocycles. The van der Waals surface area contributed by atoms with Crippen molar-refractivity contribution in [2.75, 3.05) is 0 Å². The summed E-state index contributed by atoms with van der Waals surface area (Å²) < 4.78 is 0. The Labute approximate surface area is 58.5 Å². The van der Waals surface area contributed by atoms with Gasteiger partial charge >= 0.3 is 32.7 Å². The molecular weight excluding hydrogens is 137 g/mol. The SMILES string of the molecule is C=C([CH2-])C.[Y+3]. The molecule has 0 saturated carbocycles. The molecule has 0 aromatic rings. The van der Waals surface area contributed by atoms with E-state index in [-0.39, 0.29) is 32.7 Å². The normalized spacial score (nSPS) is 5.00. The van der Waals surface area contributed by atoms with E-state index in [0.29, 0.717) is 0 Å². The van der Waals surface area contributed by atoms with Crippen molar-refractivity contribution in [2.45, 2.75) is 6.92 Å². The molecule has 0 fully saturated rings. The number of rotatable bonds is 0. The topological polar surface area (TPSA) is 0 Å². The van der Waals surface area contributed by atoms with E-state index in [1.54, 1.807) is 0 Å². The predicted molar refractivity (Wildman–Crippen MR) is 20.2 cm³/mol. The Hall–Kier alpha value is 0.714. The van der Waals surface area contributed by atoms with E-state index in [1.165, 1.54) is 0 Å². The average Bonchev–Trinajstić information content (AvgIpc) is 0.811. The third-order valence-corrected chi connectivity index (χ3v) is 0. The summed E-state index contributed by atoms with van der Waals surface area (Å²) in [6.45, 7) is 8.75. The van der Waals surface area contributed by atoms with Crippen molar-refractivity contribution in [1.29, 1.82) is 0 Å². The molecule has 1 heteroatoms. The van der Waals surface area contributed by atoms with Gasteiger partial charge in [-0.05, 0) is 0 Å². The molecule has 0 spiro atoms. The maximum atomic E-state index is 3.44. The van der Waals surface area contributed by atoms with Crippen molar-refractivity contribution in [3.63, 3.8) is 0 Å². The van der Waals surface area contributed by atoms with Gasteiger partial charge in [0.25, 0.3) is 0 Å². The van der Waals surface area contributed by atoms with Crippen LogP contribution < -0.4 is 0 Å². The van der Waals surface area contributed by atoms with Gasteiger partial charge in [0.2, 0.25) is 0 Å². The fourth-order valence-corrected chi connectivity index (χ4v) is 0. The molecule has 24 valence electrons. The van der Waals surface area contributed by atoms with Crippen molar-refractivity contribution in [3.8, 4) is 0 Å². The Morgan fingerprint density at radius 3 is 1.80 bits per heavy atom. The van der Waals surface area contributed by atoms with Gasteiger partial charge in [0.1, 0.15) is 0 Å². The molecule has 0 heterocycles. The van der Waals surface area contributed by atoms with E-state index in [9.17, 15) is 0 Å². The minimum Gasteiger partial charge on any atom is -0.242 e. The van der Waals surface area contributed by atoms with Crippen LogP contribution in [0.4, 0.5) is 0 Å². The standard InChI is InChI=1S/C4H7.Y/c1-4(2)3;/h1-2H2,3H3;/q-1;+3. The molecule has 0 unspecified atom stereocenters. The summed E-state index contributed by atoms with van der Waals surface area (Å²) in [4.78, 5) is 0. The van der Waals surface area contributed by atoms with E-state index >= 15 is 0 Å². The molecule has 0 N–H and O–H groups in total. The Balaban J connectivity index is 0. The van der Waals surface area contributed by atoms with E-state index in [1.807, 2.05) is 6.92 Å². The van der Waals surface area contributed by atoms with Crippen molar-refractivity contribution < 1.29 is 32.7 Å². The quantitative estimate of drug-likeness (QED) is 0.450. The van der Waals surface area contributed by atoms with E-state index < -0.39 is 0 Å². The van der Waals surface area contributed by atoms with Gasteiger partial charge < -0.3 is 0 Å². The Morgan fingerprint density at radius 1 is 1.80 bits per heavy atom. The summed E-state index contributed by atoms with van der Waals surface area (Å²) in [7, 11) is 0. The minimum absolute atomic E-state index is 0. The van der Waals surface area contributed by atoms with Gasteiger partial charge in [0.05, 0.1) is 0 Å². The monoisotopic (exact) mass is 144 g/mol. The van der Waals surface area contributed by atoms with Crippen molar-refractivity contribution in [2.24, 2.45) is 0 Å². The van der Waals surface area contributed by atoms with Crippen LogP contribution in [0, 0.1) is 6.92 Å². The Kier molecular flexibility index (Phi) is 8.68. The zero-order valence-electron chi connectivity index (χ0n) is 3.49. The zero-order chi connectivity index (χ0) is 3.58. The van der Waals surface area contributed by atoms with Crippen LogP contribution in [0.15, 0.2) is 12.2 Å².